The number of fused-ring (bicyclic) bond motifs is 1. The average Bonchev–Trinajstić information content (AvgIpc) is 2.83. The molecule has 0 aromatic carbocycles. The van der Waals surface area contributed by atoms with Gasteiger partial charge in [-0.1, -0.05) is 6.08 Å². The summed E-state index contributed by atoms with van der Waals surface area (Å²) in [5.41, 5.74) is 1.27. The molecule has 0 unspecified atom stereocenters. The number of aliphatic hydroxyl groups is 2. The summed E-state index contributed by atoms with van der Waals surface area (Å²) >= 11 is 0. The Labute approximate surface area is 110 Å². The Kier molecular flexibility index (Phi) is 2.81. The van der Waals surface area contributed by atoms with E-state index in [4.69, 9.17) is 0 Å². The predicted molar refractivity (Wildman–Crippen MR) is 69.6 cm³/mol. The zero-order chi connectivity index (χ0) is 13.6. The first-order valence-corrected chi connectivity index (χ1v) is 6.36. The molecule has 1 aliphatic carbocycles. The summed E-state index contributed by atoms with van der Waals surface area (Å²) in [6, 6.07) is 0. The molecule has 0 radical (unpaired) electrons. The molecule has 19 heavy (non-hydrogen) atoms. The van der Waals surface area contributed by atoms with Crippen molar-refractivity contribution in [2.45, 2.75) is 25.0 Å². The van der Waals surface area contributed by atoms with E-state index in [1.165, 1.54) is 6.33 Å². The van der Waals surface area contributed by atoms with E-state index in [2.05, 4.69) is 9.97 Å². The van der Waals surface area contributed by atoms with Crippen molar-refractivity contribution in [1.29, 1.82) is 0 Å². The highest BCUT2D eigenvalue weighted by molar-refractivity contribution is 5.70. The van der Waals surface area contributed by atoms with Crippen molar-refractivity contribution >= 4 is 5.57 Å². The van der Waals surface area contributed by atoms with Crippen molar-refractivity contribution < 1.29 is 10.2 Å². The van der Waals surface area contributed by atoms with E-state index >= 15 is 0 Å². The second-order valence-electron chi connectivity index (χ2n) is 5.53. The van der Waals surface area contributed by atoms with E-state index in [-0.39, 0.29) is 5.56 Å². The quantitative estimate of drug-likeness (QED) is 0.646. The Morgan fingerprint density at radius 2 is 2.42 bits per heavy atom. The Balaban J connectivity index is 1.78. The molecule has 0 bridgehead atoms. The molecule has 3 rings (SSSR count). The second kappa shape index (κ2) is 4.26. The number of aliphatic hydroxyl groups excluding tert-OH is 1. The molecule has 6 nitrogen and oxygen atoms in total. The maximum absolute atomic E-state index is 11.6. The summed E-state index contributed by atoms with van der Waals surface area (Å²) < 4.78 is 0. The number of rotatable bonds is 2. The zero-order valence-electron chi connectivity index (χ0n) is 10.8. The molecule has 1 saturated heterocycles. The molecular formula is C13H17N3O3. The number of β-amino-alcohol motifs (C(OH)–C–C–N with tert-alkyl or cyclic N) is 2. The lowest BCUT2D eigenvalue weighted by Crippen LogP contribution is -2.37. The minimum atomic E-state index is -1.07. The van der Waals surface area contributed by atoms with E-state index in [1.54, 1.807) is 6.92 Å². The third-order valence-corrected chi connectivity index (χ3v) is 3.89. The van der Waals surface area contributed by atoms with Crippen molar-refractivity contribution in [2.24, 2.45) is 0 Å². The first-order valence-electron chi connectivity index (χ1n) is 6.36. The first-order chi connectivity index (χ1) is 8.97. The number of nitrogens with zero attached hydrogens (tertiary/aromatic N) is 2. The molecule has 0 saturated carbocycles. The molecule has 1 fully saturated rings. The maximum Gasteiger partial charge on any atom is 0.254 e. The molecule has 0 amide bonds. The van der Waals surface area contributed by atoms with Crippen LogP contribution in [0.15, 0.2) is 17.2 Å². The number of aromatic nitrogens is 2. The fraction of sp³-hybridized carbons (Fsp3) is 0.538. The highest BCUT2D eigenvalue weighted by atomic mass is 16.3. The Bertz CT molecular complexity index is 591. The van der Waals surface area contributed by atoms with Gasteiger partial charge in [0.2, 0.25) is 0 Å². The lowest BCUT2D eigenvalue weighted by molar-refractivity contribution is -0.0254. The number of H-pyrrole nitrogens is 1. The molecule has 1 aromatic rings. The molecule has 2 atom stereocenters. The highest BCUT2D eigenvalue weighted by Gasteiger charge is 2.40. The summed E-state index contributed by atoms with van der Waals surface area (Å²) in [5.74, 6) is 0. The summed E-state index contributed by atoms with van der Waals surface area (Å²) in [7, 11) is 0. The van der Waals surface area contributed by atoms with Crippen LogP contribution in [0.2, 0.25) is 0 Å². The number of aromatic amines is 1. The van der Waals surface area contributed by atoms with Crippen LogP contribution >= 0.6 is 0 Å². The number of nitrogens with one attached hydrogen (secondary N) is 1. The number of hydrogen-bond donors (Lipinski definition) is 3. The van der Waals surface area contributed by atoms with Crippen molar-refractivity contribution in [3.63, 3.8) is 0 Å². The zero-order valence-corrected chi connectivity index (χ0v) is 10.8. The minimum Gasteiger partial charge on any atom is -0.389 e. The molecule has 102 valence electrons. The van der Waals surface area contributed by atoms with Gasteiger partial charge in [0.15, 0.2) is 0 Å². The van der Waals surface area contributed by atoms with Crippen molar-refractivity contribution in [3.8, 4) is 0 Å². The Hall–Kier alpha value is -1.50. The molecule has 0 spiro atoms. The van der Waals surface area contributed by atoms with Gasteiger partial charge in [-0.3, -0.25) is 9.69 Å². The first kappa shape index (κ1) is 12.5. The van der Waals surface area contributed by atoms with Crippen molar-refractivity contribution in [3.05, 3.63) is 34.0 Å². The summed E-state index contributed by atoms with van der Waals surface area (Å²) in [4.78, 5) is 20.4. The van der Waals surface area contributed by atoms with Crippen LogP contribution in [0.25, 0.3) is 5.57 Å². The molecule has 2 heterocycles. The third kappa shape index (κ3) is 2.11. The predicted octanol–water partition coefficient (Wildman–Crippen LogP) is -0.863. The van der Waals surface area contributed by atoms with Crippen LogP contribution in [0, 0.1) is 0 Å². The van der Waals surface area contributed by atoms with E-state index in [9.17, 15) is 15.0 Å². The monoisotopic (exact) mass is 263 g/mol. The fourth-order valence-electron chi connectivity index (χ4n) is 2.78. The number of likely N-dealkylation sites (tertiary alicyclic amines) is 1. The maximum atomic E-state index is 11.6. The third-order valence-electron chi connectivity index (χ3n) is 3.89. The highest BCUT2D eigenvalue weighted by Crippen LogP contribution is 2.27. The topological polar surface area (TPSA) is 89.5 Å². The largest absolute Gasteiger partial charge is 0.389 e. The van der Waals surface area contributed by atoms with Gasteiger partial charge >= 0.3 is 0 Å². The minimum absolute atomic E-state index is 0.0929. The second-order valence-corrected chi connectivity index (χ2v) is 5.53. The summed E-state index contributed by atoms with van der Waals surface area (Å²) in [6.07, 6.45) is 3.27. The van der Waals surface area contributed by atoms with Gasteiger partial charge in [0.25, 0.3) is 5.56 Å². The standard InChI is InChI=1S/C13H17N3O3/c1-13(19)6-16(5-10(13)17)4-8-2-3-9-11(8)14-7-15-12(9)18/h2,7,10,17,19H,3-6H2,1H3,(H,14,15,18)/t10-,13+/m0/s1. The van der Waals surface area contributed by atoms with Crippen LogP contribution < -0.4 is 5.56 Å². The van der Waals surface area contributed by atoms with Crippen LogP contribution in [0.1, 0.15) is 18.2 Å². The average molecular weight is 263 g/mol. The number of allylic oxidation sites excluding steroid dienone is 1. The van der Waals surface area contributed by atoms with Gasteiger partial charge in [-0.2, -0.15) is 0 Å². The van der Waals surface area contributed by atoms with Gasteiger partial charge in [-0.25, -0.2) is 4.98 Å². The molecule has 3 N–H and O–H groups in total. The van der Waals surface area contributed by atoms with Gasteiger partial charge in [0, 0.05) is 25.2 Å². The van der Waals surface area contributed by atoms with E-state index < -0.39 is 11.7 Å². The lowest BCUT2D eigenvalue weighted by atomic mass is 10.0. The fourth-order valence-corrected chi connectivity index (χ4v) is 2.78. The van der Waals surface area contributed by atoms with Gasteiger partial charge in [-0.05, 0) is 18.9 Å². The molecule has 2 aliphatic rings. The van der Waals surface area contributed by atoms with E-state index in [1.807, 2.05) is 11.0 Å². The van der Waals surface area contributed by atoms with Gasteiger partial charge < -0.3 is 15.2 Å². The summed E-state index contributed by atoms with van der Waals surface area (Å²) in [6.45, 7) is 3.08. The van der Waals surface area contributed by atoms with Gasteiger partial charge in [0.1, 0.15) is 5.60 Å². The van der Waals surface area contributed by atoms with E-state index in [0.29, 0.717) is 31.6 Å². The lowest BCUT2D eigenvalue weighted by Gasteiger charge is -2.20. The SMILES string of the molecule is C[C@@]1(O)CN(CC2=CCc3c2nc[nH]c3=O)C[C@@H]1O. The van der Waals surface area contributed by atoms with E-state index in [0.717, 1.165) is 11.3 Å². The smallest absolute Gasteiger partial charge is 0.254 e. The van der Waals surface area contributed by atoms with Crippen molar-refractivity contribution in [2.75, 3.05) is 19.6 Å². The molecule has 1 aromatic heterocycles. The normalized spacial score (nSPS) is 30.5. The van der Waals surface area contributed by atoms with Crippen molar-refractivity contribution in [1.82, 2.24) is 14.9 Å². The van der Waals surface area contributed by atoms with Crippen LogP contribution in [0.3, 0.4) is 0 Å². The van der Waals surface area contributed by atoms with Crippen LogP contribution in [-0.2, 0) is 6.42 Å². The Morgan fingerprint density at radius 1 is 1.63 bits per heavy atom. The van der Waals surface area contributed by atoms with Gasteiger partial charge in [0.05, 0.1) is 18.1 Å². The van der Waals surface area contributed by atoms with Crippen LogP contribution in [-0.4, -0.2) is 56.4 Å². The van der Waals surface area contributed by atoms with Gasteiger partial charge in [-0.15, -0.1) is 0 Å². The molecule has 6 heteroatoms. The van der Waals surface area contributed by atoms with Crippen LogP contribution in [0.4, 0.5) is 0 Å². The Morgan fingerprint density at radius 3 is 3.11 bits per heavy atom. The summed E-state index contributed by atoms with van der Waals surface area (Å²) in [5, 5.41) is 19.7. The molecule has 1 aliphatic heterocycles. The molecular weight excluding hydrogens is 246 g/mol. The number of hydrogen-bond acceptors (Lipinski definition) is 5. The van der Waals surface area contributed by atoms with Crippen LogP contribution in [0.5, 0.6) is 0 Å².